The smallest absolute Gasteiger partial charge is 0.408 e. The Morgan fingerprint density at radius 2 is 1.76 bits per heavy atom. The van der Waals surface area contributed by atoms with Crippen LogP contribution in [-0.2, 0) is 20.1 Å². The van der Waals surface area contributed by atoms with Gasteiger partial charge in [-0.15, -0.1) is 0 Å². The quantitative estimate of drug-likeness (QED) is 0.380. The molecule has 2 amide bonds. The van der Waals surface area contributed by atoms with Crippen molar-refractivity contribution in [3.63, 3.8) is 0 Å². The summed E-state index contributed by atoms with van der Waals surface area (Å²) in [6.45, 7) is 0.404. The van der Waals surface area contributed by atoms with Crippen LogP contribution in [0.25, 0.3) is 16.7 Å². The topological polar surface area (TPSA) is 149 Å². The van der Waals surface area contributed by atoms with Gasteiger partial charge >= 0.3 is 5.76 Å². The second-order valence-electron chi connectivity index (χ2n) is 7.47. The molecule has 170 valence electrons. The van der Waals surface area contributed by atoms with E-state index in [0.29, 0.717) is 16.7 Å². The number of nitrogens with one attached hydrogen (secondary N) is 2. The fourth-order valence-corrected chi connectivity index (χ4v) is 3.44. The number of rotatable bonds is 6. The molecule has 0 saturated heterocycles. The van der Waals surface area contributed by atoms with Crippen molar-refractivity contribution in [2.24, 2.45) is 7.05 Å². The third kappa shape index (κ3) is 3.99. The van der Waals surface area contributed by atoms with Crippen molar-refractivity contribution in [1.29, 1.82) is 0 Å². The maximum absolute atomic E-state index is 12.8. The Kier molecular flexibility index (Phi) is 5.30. The summed E-state index contributed by atoms with van der Waals surface area (Å²) in [6, 6.07) is 8.18. The zero-order chi connectivity index (χ0) is 23.7. The SMILES string of the molecule is Cn1c(=O)oc2ccc(CNC(=O)c3cc(C(=O)NCc4cncnc4)n4nccc4n3)cc21. The number of carbonyl (C=O) groups is 2. The Balaban J connectivity index is 1.35. The van der Waals surface area contributed by atoms with E-state index in [0.717, 1.165) is 11.1 Å². The first kappa shape index (κ1) is 21.0. The molecule has 4 heterocycles. The maximum Gasteiger partial charge on any atom is 0.419 e. The predicted molar refractivity (Wildman–Crippen MR) is 119 cm³/mol. The molecular formula is C22H18N8O4. The number of aryl methyl sites for hydroxylation is 1. The molecule has 2 N–H and O–H groups in total. The van der Waals surface area contributed by atoms with Crippen LogP contribution in [0, 0.1) is 0 Å². The Bertz CT molecular complexity index is 1590. The highest BCUT2D eigenvalue weighted by Crippen LogP contribution is 2.14. The molecule has 1 aromatic carbocycles. The molecule has 5 rings (SSSR count). The Morgan fingerprint density at radius 3 is 2.59 bits per heavy atom. The fourth-order valence-electron chi connectivity index (χ4n) is 3.44. The first-order valence-corrected chi connectivity index (χ1v) is 10.2. The number of fused-ring (bicyclic) bond motifs is 2. The third-order valence-corrected chi connectivity index (χ3v) is 5.20. The molecule has 0 unspecified atom stereocenters. The molecule has 0 aliphatic heterocycles. The molecule has 0 radical (unpaired) electrons. The molecule has 5 aromatic rings. The minimum Gasteiger partial charge on any atom is -0.408 e. The summed E-state index contributed by atoms with van der Waals surface area (Å²) >= 11 is 0. The molecule has 0 spiro atoms. The number of hydrogen-bond donors (Lipinski definition) is 2. The standard InChI is InChI=1S/C22H18N8O4/c1-29-16-6-13(2-3-18(16)34-22(29)33)10-25-20(31)15-7-17(30-19(28-15)4-5-27-30)21(32)26-11-14-8-23-12-24-9-14/h2-9,12H,10-11H2,1H3,(H,25,31)(H,26,32). The van der Waals surface area contributed by atoms with Gasteiger partial charge in [0, 0.05) is 50.2 Å². The van der Waals surface area contributed by atoms with Crippen LogP contribution in [0.5, 0.6) is 0 Å². The Hall–Kier alpha value is -4.87. The zero-order valence-electron chi connectivity index (χ0n) is 17.9. The average molecular weight is 458 g/mol. The second-order valence-corrected chi connectivity index (χ2v) is 7.47. The normalized spacial score (nSPS) is 11.1. The number of amides is 2. The highest BCUT2D eigenvalue weighted by atomic mass is 16.4. The van der Waals surface area contributed by atoms with Gasteiger partial charge in [-0.25, -0.2) is 24.3 Å². The van der Waals surface area contributed by atoms with Crippen LogP contribution < -0.4 is 16.4 Å². The van der Waals surface area contributed by atoms with E-state index in [4.69, 9.17) is 4.42 Å². The first-order chi connectivity index (χ1) is 16.5. The van der Waals surface area contributed by atoms with Gasteiger partial charge in [0.25, 0.3) is 11.8 Å². The first-order valence-electron chi connectivity index (χ1n) is 10.2. The van der Waals surface area contributed by atoms with Crippen molar-refractivity contribution in [2.75, 3.05) is 0 Å². The minimum atomic E-state index is -0.463. The van der Waals surface area contributed by atoms with Gasteiger partial charge in [-0.1, -0.05) is 6.07 Å². The maximum atomic E-state index is 12.8. The lowest BCUT2D eigenvalue weighted by Gasteiger charge is -2.10. The van der Waals surface area contributed by atoms with E-state index < -0.39 is 17.6 Å². The summed E-state index contributed by atoms with van der Waals surface area (Å²) in [4.78, 5) is 49.5. The molecule has 0 saturated carbocycles. The summed E-state index contributed by atoms with van der Waals surface area (Å²) < 4.78 is 7.88. The van der Waals surface area contributed by atoms with Crippen LogP contribution >= 0.6 is 0 Å². The number of carbonyl (C=O) groups excluding carboxylic acids is 2. The third-order valence-electron chi connectivity index (χ3n) is 5.20. The van der Waals surface area contributed by atoms with Gasteiger partial charge in [0.15, 0.2) is 11.2 Å². The van der Waals surface area contributed by atoms with E-state index in [9.17, 15) is 14.4 Å². The summed E-state index contributed by atoms with van der Waals surface area (Å²) in [7, 11) is 1.61. The van der Waals surface area contributed by atoms with Gasteiger partial charge in [-0.3, -0.25) is 14.2 Å². The molecule has 12 nitrogen and oxygen atoms in total. The van der Waals surface area contributed by atoms with Gasteiger partial charge in [0.05, 0.1) is 11.7 Å². The summed E-state index contributed by atoms with van der Waals surface area (Å²) in [6.07, 6.45) is 6.10. The fraction of sp³-hybridized carbons (Fsp3) is 0.136. The molecule has 0 bridgehead atoms. The molecule has 34 heavy (non-hydrogen) atoms. The van der Waals surface area contributed by atoms with Crippen LogP contribution in [0.4, 0.5) is 0 Å². The lowest BCUT2D eigenvalue weighted by molar-refractivity contribution is 0.0942. The van der Waals surface area contributed by atoms with Crippen LogP contribution in [-0.4, -0.2) is 40.9 Å². The highest BCUT2D eigenvalue weighted by molar-refractivity contribution is 5.98. The van der Waals surface area contributed by atoms with Gasteiger partial charge < -0.3 is 15.1 Å². The molecule has 0 fully saturated rings. The summed E-state index contributed by atoms with van der Waals surface area (Å²) in [5.74, 6) is -1.35. The number of aromatic nitrogens is 6. The van der Waals surface area contributed by atoms with E-state index in [1.165, 1.54) is 27.7 Å². The van der Waals surface area contributed by atoms with Gasteiger partial charge in [0.2, 0.25) is 0 Å². The minimum absolute atomic E-state index is 0.0676. The highest BCUT2D eigenvalue weighted by Gasteiger charge is 2.18. The van der Waals surface area contributed by atoms with E-state index in [1.807, 2.05) is 0 Å². The van der Waals surface area contributed by atoms with E-state index in [-0.39, 0.29) is 24.5 Å². The molecule has 12 heteroatoms. The van der Waals surface area contributed by atoms with Crippen molar-refractivity contribution in [3.8, 4) is 0 Å². The summed E-state index contributed by atoms with van der Waals surface area (Å²) in [5, 5.41) is 9.69. The monoisotopic (exact) mass is 458 g/mol. The lowest BCUT2D eigenvalue weighted by Crippen LogP contribution is -2.28. The largest absolute Gasteiger partial charge is 0.419 e. The number of nitrogens with zero attached hydrogens (tertiary/aromatic N) is 6. The van der Waals surface area contributed by atoms with E-state index >= 15 is 0 Å². The Labute approximate surface area is 191 Å². The van der Waals surface area contributed by atoms with Crippen LogP contribution in [0.1, 0.15) is 32.1 Å². The molecular weight excluding hydrogens is 440 g/mol. The molecule has 4 aromatic heterocycles. The van der Waals surface area contributed by atoms with Gasteiger partial charge in [-0.05, 0) is 17.7 Å². The van der Waals surface area contributed by atoms with E-state index in [2.05, 4.69) is 30.7 Å². The molecule has 0 atom stereocenters. The second kappa shape index (κ2) is 8.58. The number of oxazole rings is 1. The van der Waals surface area contributed by atoms with E-state index in [1.54, 1.807) is 43.7 Å². The van der Waals surface area contributed by atoms with Crippen LogP contribution in [0.3, 0.4) is 0 Å². The predicted octanol–water partition coefficient (Wildman–Crippen LogP) is 0.824. The molecule has 0 aliphatic carbocycles. The van der Waals surface area contributed by atoms with Crippen molar-refractivity contribution in [2.45, 2.75) is 13.1 Å². The zero-order valence-corrected chi connectivity index (χ0v) is 17.9. The molecule has 0 aliphatic rings. The Morgan fingerprint density at radius 1 is 1.00 bits per heavy atom. The number of hydrogen-bond acceptors (Lipinski definition) is 8. The average Bonchev–Trinajstić information content (AvgIpc) is 3.45. The van der Waals surface area contributed by atoms with Gasteiger partial charge in [-0.2, -0.15) is 5.10 Å². The van der Waals surface area contributed by atoms with Crippen LogP contribution in [0.15, 0.2) is 64.5 Å². The summed E-state index contributed by atoms with van der Waals surface area (Å²) in [5.41, 5.74) is 3.17. The van der Waals surface area contributed by atoms with Crippen molar-refractivity contribution in [3.05, 3.63) is 88.3 Å². The van der Waals surface area contributed by atoms with Crippen molar-refractivity contribution < 1.29 is 14.0 Å². The number of benzene rings is 1. The van der Waals surface area contributed by atoms with Crippen LogP contribution in [0.2, 0.25) is 0 Å². The van der Waals surface area contributed by atoms with Crippen molar-refractivity contribution >= 4 is 28.6 Å². The van der Waals surface area contributed by atoms with Crippen molar-refractivity contribution in [1.82, 2.24) is 39.8 Å². The van der Waals surface area contributed by atoms with Gasteiger partial charge in [0.1, 0.15) is 17.7 Å². The lowest BCUT2D eigenvalue weighted by atomic mass is 10.2.